The molecule has 14 heavy (non-hydrogen) atoms. The smallest absolute Gasteiger partial charge is 0.323 e. The van der Waals surface area contributed by atoms with Gasteiger partial charge in [-0.2, -0.15) is 0 Å². The first kappa shape index (κ1) is 9.01. The normalized spacial score (nSPS) is 10.6. The number of imidazole rings is 1. The second-order valence-corrected chi connectivity index (χ2v) is 3.58. The Bertz CT molecular complexity index is 569. The molecule has 0 fully saturated rings. The summed E-state index contributed by atoms with van der Waals surface area (Å²) < 4.78 is 0.564. The molecule has 0 saturated heterocycles. The van der Waals surface area contributed by atoms with Crippen molar-refractivity contribution in [3.05, 3.63) is 32.7 Å². The number of carbonyl (C=O) groups excluding carboxylic acids is 1. The molecule has 0 aliphatic carbocycles. The third-order valence-electron chi connectivity index (χ3n) is 1.77. The second kappa shape index (κ2) is 2.98. The number of benzene rings is 1. The summed E-state index contributed by atoms with van der Waals surface area (Å²) in [6.07, 6.45) is 0. The molecule has 71 valence electrons. The predicted molar refractivity (Wildman–Crippen MR) is 54.0 cm³/mol. The highest BCUT2D eigenvalue weighted by atomic mass is 79.9. The fourth-order valence-corrected chi connectivity index (χ4v) is 1.66. The molecule has 1 aromatic carbocycles. The van der Waals surface area contributed by atoms with E-state index in [-0.39, 0.29) is 11.3 Å². The Labute approximate surface area is 86.4 Å². The summed E-state index contributed by atoms with van der Waals surface area (Å²) in [5, 5.41) is 0. The Morgan fingerprint density at radius 1 is 1.50 bits per heavy atom. The van der Waals surface area contributed by atoms with Gasteiger partial charge in [0.05, 0.1) is 16.6 Å². The second-order valence-electron chi connectivity index (χ2n) is 2.72. The van der Waals surface area contributed by atoms with Gasteiger partial charge in [-0.05, 0) is 6.07 Å². The van der Waals surface area contributed by atoms with E-state index in [4.69, 9.17) is 5.73 Å². The average Bonchev–Trinajstić information content (AvgIpc) is 2.42. The van der Waals surface area contributed by atoms with Crippen LogP contribution in [-0.2, 0) is 0 Å². The molecule has 4 N–H and O–H groups in total. The SMILES string of the molecule is NC(=O)c1[c]c(Br)cc2[nH]c(=O)[nH]c12. The maximum Gasteiger partial charge on any atom is 0.323 e. The number of primary amides is 1. The van der Waals surface area contributed by atoms with Crippen molar-refractivity contribution in [2.75, 3.05) is 0 Å². The first-order chi connectivity index (χ1) is 6.58. The number of halogens is 1. The van der Waals surface area contributed by atoms with Gasteiger partial charge in [0.15, 0.2) is 0 Å². The van der Waals surface area contributed by atoms with Crippen molar-refractivity contribution in [2.45, 2.75) is 0 Å². The van der Waals surface area contributed by atoms with Crippen molar-refractivity contribution in [1.29, 1.82) is 0 Å². The van der Waals surface area contributed by atoms with E-state index in [0.717, 1.165) is 0 Å². The van der Waals surface area contributed by atoms with E-state index in [2.05, 4.69) is 32.0 Å². The molecule has 0 saturated carbocycles. The number of aromatic nitrogens is 2. The monoisotopic (exact) mass is 254 g/mol. The summed E-state index contributed by atoms with van der Waals surface area (Å²) in [6.45, 7) is 0. The molecule has 0 unspecified atom stereocenters. The van der Waals surface area contributed by atoms with Gasteiger partial charge >= 0.3 is 5.69 Å². The molecular formula is C8H5BrN3O2. The van der Waals surface area contributed by atoms with E-state index in [1.54, 1.807) is 6.07 Å². The van der Waals surface area contributed by atoms with Crippen molar-refractivity contribution in [3.63, 3.8) is 0 Å². The number of fused-ring (bicyclic) bond motifs is 1. The minimum Gasteiger partial charge on any atom is -0.366 e. The molecule has 1 aromatic heterocycles. The molecule has 2 rings (SSSR count). The van der Waals surface area contributed by atoms with Crippen LogP contribution in [-0.4, -0.2) is 15.9 Å². The molecular weight excluding hydrogens is 250 g/mol. The van der Waals surface area contributed by atoms with Crippen LogP contribution in [0.3, 0.4) is 0 Å². The summed E-state index contributed by atoms with van der Waals surface area (Å²) in [5.41, 5.74) is 5.81. The van der Waals surface area contributed by atoms with Crippen LogP contribution in [0.1, 0.15) is 10.4 Å². The quantitative estimate of drug-likeness (QED) is 0.693. The highest BCUT2D eigenvalue weighted by molar-refractivity contribution is 9.10. The van der Waals surface area contributed by atoms with Crippen LogP contribution < -0.4 is 11.4 Å². The van der Waals surface area contributed by atoms with Crippen molar-refractivity contribution in [2.24, 2.45) is 5.73 Å². The van der Waals surface area contributed by atoms with Crippen molar-refractivity contribution in [1.82, 2.24) is 9.97 Å². The minimum absolute atomic E-state index is 0.160. The molecule has 2 aromatic rings. The fraction of sp³-hybridized carbons (Fsp3) is 0. The zero-order chi connectivity index (χ0) is 10.3. The van der Waals surface area contributed by atoms with Gasteiger partial charge in [0.1, 0.15) is 0 Å². The lowest BCUT2D eigenvalue weighted by molar-refractivity contribution is 0.100. The lowest BCUT2D eigenvalue weighted by Crippen LogP contribution is -2.12. The summed E-state index contributed by atoms with van der Waals surface area (Å²) in [6, 6.07) is 4.35. The van der Waals surface area contributed by atoms with Gasteiger partial charge in [-0.3, -0.25) is 4.79 Å². The van der Waals surface area contributed by atoms with Crippen LogP contribution in [0.15, 0.2) is 15.3 Å². The van der Waals surface area contributed by atoms with Gasteiger partial charge < -0.3 is 15.7 Å². The first-order valence-electron chi connectivity index (χ1n) is 3.71. The molecule has 1 heterocycles. The summed E-state index contributed by atoms with van der Waals surface area (Å²) in [4.78, 5) is 27.0. The number of hydrogen-bond acceptors (Lipinski definition) is 2. The number of hydrogen-bond donors (Lipinski definition) is 3. The van der Waals surface area contributed by atoms with Gasteiger partial charge in [-0.25, -0.2) is 4.79 Å². The Balaban J connectivity index is 2.92. The molecule has 0 aliphatic heterocycles. The van der Waals surface area contributed by atoms with Crippen LogP contribution in [0.2, 0.25) is 0 Å². The van der Waals surface area contributed by atoms with Gasteiger partial charge in [-0.15, -0.1) is 0 Å². The third-order valence-corrected chi connectivity index (χ3v) is 2.20. The number of amides is 1. The Hall–Kier alpha value is -1.56. The van der Waals surface area contributed by atoms with E-state index in [1.165, 1.54) is 0 Å². The number of H-pyrrole nitrogens is 2. The third kappa shape index (κ3) is 1.33. The zero-order valence-electron chi connectivity index (χ0n) is 6.85. The van der Waals surface area contributed by atoms with E-state index in [0.29, 0.717) is 15.5 Å². The Morgan fingerprint density at radius 2 is 2.21 bits per heavy atom. The van der Waals surface area contributed by atoms with Crippen LogP contribution in [0.4, 0.5) is 0 Å². The van der Waals surface area contributed by atoms with Gasteiger partial charge in [-0.1, -0.05) is 15.9 Å². The lowest BCUT2D eigenvalue weighted by atomic mass is 10.2. The predicted octanol–water partition coefficient (Wildman–Crippen LogP) is 0.518. The summed E-state index contributed by atoms with van der Waals surface area (Å²) in [5.74, 6) is -0.633. The van der Waals surface area contributed by atoms with E-state index in [9.17, 15) is 9.59 Å². The number of rotatable bonds is 1. The number of nitrogens with one attached hydrogen (secondary N) is 2. The first-order valence-corrected chi connectivity index (χ1v) is 4.51. The Morgan fingerprint density at radius 3 is 2.86 bits per heavy atom. The van der Waals surface area contributed by atoms with Crippen LogP contribution >= 0.6 is 15.9 Å². The van der Waals surface area contributed by atoms with Crippen LogP contribution in [0.25, 0.3) is 11.0 Å². The van der Waals surface area contributed by atoms with E-state index in [1.807, 2.05) is 0 Å². The van der Waals surface area contributed by atoms with Gasteiger partial charge in [0, 0.05) is 10.5 Å². The molecule has 1 radical (unpaired) electrons. The maximum absolute atomic E-state index is 11.0. The lowest BCUT2D eigenvalue weighted by Gasteiger charge is -1.97. The molecule has 0 bridgehead atoms. The summed E-state index contributed by atoms with van der Waals surface area (Å²) >= 11 is 3.16. The molecule has 0 aliphatic rings. The highest BCUT2D eigenvalue weighted by Gasteiger charge is 2.10. The number of aromatic amines is 2. The standard InChI is InChI=1S/C8H5BrN3O2/c9-3-1-4(7(10)13)6-5(2-3)11-8(14)12-6/h2H,(H2,10,13)(H2,11,12,14). The van der Waals surface area contributed by atoms with E-state index >= 15 is 0 Å². The molecule has 0 spiro atoms. The topological polar surface area (TPSA) is 91.7 Å². The average molecular weight is 255 g/mol. The number of nitrogens with two attached hydrogens (primary N) is 1. The van der Waals surface area contributed by atoms with Crippen molar-refractivity contribution < 1.29 is 4.79 Å². The fourth-order valence-electron chi connectivity index (χ4n) is 1.23. The van der Waals surface area contributed by atoms with Gasteiger partial charge in [0.2, 0.25) is 0 Å². The molecule has 0 atom stereocenters. The van der Waals surface area contributed by atoms with Crippen molar-refractivity contribution in [3.8, 4) is 0 Å². The van der Waals surface area contributed by atoms with Crippen LogP contribution in [0.5, 0.6) is 0 Å². The highest BCUT2D eigenvalue weighted by Crippen LogP contribution is 2.19. The maximum atomic E-state index is 11.0. The van der Waals surface area contributed by atoms with Crippen molar-refractivity contribution >= 4 is 32.9 Å². The molecule has 1 amide bonds. The zero-order valence-corrected chi connectivity index (χ0v) is 8.44. The van der Waals surface area contributed by atoms with Gasteiger partial charge in [0.25, 0.3) is 5.91 Å². The Kier molecular flexibility index (Phi) is 1.92. The number of carbonyl (C=O) groups is 1. The van der Waals surface area contributed by atoms with E-state index < -0.39 is 5.91 Å². The minimum atomic E-state index is -0.633. The molecule has 6 heteroatoms. The summed E-state index contributed by atoms with van der Waals surface area (Å²) in [7, 11) is 0. The molecule has 5 nitrogen and oxygen atoms in total. The largest absolute Gasteiger partial charge is 0.366 e. The van der Waals surface area contributed by atoms with Crippen LogP contribution in [0, 0.1) is 6.07 Å².